The minimum Gasteiger partial charge on any atom is -0.389 e. The highest BCUT2D eigenvalue weighted by molar-refractivity contribution is 4.76. The van der Waals surface area contributed by atoms with E-state index in [-0.39, 0.29) is 12.6 Å². The van der Waals surface area contributed by atoms with Gasteiger partial charge in [-0.05, 0) is 0 Å². The fourth-order valence-corrected chi connectivity index (χ4v) is 0.791. The minimum absolute atomic E-state index is 0.141. The Morgan fingerprint density at radius 3 is 2.56 bits per heavy atom. The summed E-state index contributed by atoms with van der Waals surface area (Å²) in [6, 6.07) is -0.339. The van der Waals surface area contributed by atoms with Crippen LogP contribution in [0.25, 0.3) is 0 Å². The maximum absolute atomic E-state index is 8.93. The van der Waals surface area contributed by atoms with Gasteiger partial charge in [-0.1, -0.05) is 0 Å². The molecule has 1 heterocycles. The molecular weight excluding hydrogens is 122 g/mol. The van der Waals surface area contributed by atoms with Gasteiger partial charge in [0.15, 0.2) is 6.29 Å². The molecule has 1 fully saturated rings. The van der Waals surface area contributed by atoms with E-state index in [1.807, 2.05) is 0 Å². The van der Waals surface area contributed by atoms with E-state index < -0.39 is 12.4 Å². The number of hydrogen-bond donors (Lipinski definition) is 3. The highest BCUT2D eigenvalue weighted by Gasteiger charge is 2.25. The van der Waals surface area contributed by atoms with Gasteiger partial charge in [-0.15, -0.1) is 0 Å². The zero-order chi connectivity index (χ0) is 6.85. The first-order chi connectivity index (χ1) is 4.20. The maximum Gasteiger partial charge on any atom is 0.156 e. The molecule has 54 valence electrons. The van der Waals surface area contributed by atoms with Crippen molar-refractivity contribution in [2.75, 3.05) is 6.61 Å². The predicted octanol–water partition coefficient (Wildman–Crippen LogP) is -1.59. The Balaban J connectivity index is 2.35. The molecule has 1 unspecified atom stereocenters. The second-order valence-corrected chi connectivity index (χ2v) is 2.25. The van der Waals surface area contributed by atoms with E-state index in [2.05, 4.69) is 4.74 Å². The number of aliphatic hydroxyl groups excluding tert-OH is 2. The normalized spacial score (nSPS) is 45.0. The SMILES string of the molecule is N[C@@H]1CC(O)OC[C@@H]1O. The van der Waals surface area contributed by atoms with Crippen LogP contribution in [0, 0.1) is 0 Å². The number of rotatable bonds is 0. The zero-order valence-electron chi connectivity index (χ0n) is 5.03. The molecule has 1 rings (SSSR count). The molecule has 1 aliphatic heterocycles. The summed E-state index contributed by atoms with van der Waals surface area (Å²) in [6.07, 6.45) is -1.09. The fraction of sp³-hybridized carbons (Fsp3) is 1.00. The van der Waals surface area contributed by atoms with Crippen molar-refractivity contribution < 1.29 is 14.9 Å². The van der Waals surface area contributed by atoms with Gasteiger partial charge in [0, 0.05) is 12.5 Å². The van der Waals surface area contributed by atoms with Crippen LogP contribution in [0.4, 0.5) is 0 Å². The summed E-state index contributed by atoms with van der Waals surface area (Å²) >= 11 is 0. The highest BCUT2D eigenvalue weighted by Crippen LogP contribution is 2.09. The van der Waals surface area contributed by atoms with Crippen molar-refractivity contribution in [3.63, 3.8) is 0 Å². The highest BCUT2D eigenvalue weighted by atomic mass is 16.6. The van der Waals surface area contributed by atoms with E-state index >= 15 is 0 Å². The van der Waals surface area contributed by atoms with Crippen molar-refractivity contribution in [3.05, 3.63) is 0 Å². The van der Waals surface area contributed by atoms with Crippen molar-refractivity contribution in [1.82, 2.24) is 0 Å². The fourth-order valence-electron chi connectivity index (χ4n) is 0.791. The molecule has 0 amide bonds. The van der Waals surface area contributed by atoms with E-state index in [4.69, 9.17) is 15.9 Å². The summed E-state index contributed by atoms with van der Waals surface area (Å²) in [6.45, 7) is 0.141. The van der Waals surface area contributed by atoms with Gasteiger partial charge in [-0.2, -0.15) is 0 Å². The van der Waals surface area contributed by atoms with Crippen LogP contribution in [0.15, 0.2) is 0 Å². The Morgan fingerprint density at radius 1 is 1.44 bits per heavy atom. The molecule has 0 radical (unpaired) electrons. The van der Waals surface area contributed by atoms with E-state index in [1.54, 1.807) is 0 Å². The number of ether oxygens (including phenoxy) is 1. The van der Waals surface area contributed by atoms with Crippen molar-refractivity contribution >= 4 is 0 Å². The summed E-state index contributed by atoms with van der Waals surface area (Å²) in [4.78, 5) is 0. The molecule has 0 spiro atoms. The third-order valence-electron chi connectivity index (χ3n) is 1.43. The summed E-state index contributed by atoms with van der Waals surface area (Å²) in [5, 5.41) is 17.7. The molecule has 4 heteroatoms. The zero-order valence-corrected chi connectivity index (χ0v) is 5.03. The first-order valence-electron chi connectivity index (χ1n) is 2.93. The van der Waals surface area contributed by atoms with Crippen LogP contribution < -0.4 is 5.73 Å². The van der Waals surface area contributed by atoms with Crippen molar-refractivity contribution in [1.29, 1.82) is 0 Å². The van der Waals surface area contributed by atoms with Crippen LogP contribution in [0.3, 0.4) is 0 Å². The minimum atomic E-state index is -0.789. The lowest BCUT2D eigenvalue weighted by Crippen LogP contribution is -2.46. The maximum atomic E-state index is 8.93. The third kappa shape index (κ3) is 1.62. The van der Waals surface area contributed by atoms with Gasteiger partial charge in [-0.3, -0.25) is 0 Å². The second-order valence-electron chi connectivity index (χ2n) is 2.25. The molecule has 4 N–H and O–H groups in total. The van der Waals surface area contributed by atoms with Gasteiger partial charge in [-0.25, -0.2) is 0 Å². The molecule has 4 nitrogen and oxygen atoms in total. The standard InChI is InChI=1S/C5H11NO3/c6-3-1-5(8)9-2-4(3)7/h3-5,7-8H,1-2,6H2/t3-,4+,5?/m1/s1. The molecule has 1 saturated heterocycles. The van der Waals surface area contributed by atoms with Crippen molar-refractivity contribution in [2.24, 2.45) is 5.73 Å². The number of nitrogens with two attached hydrogens (primary N) is 1. The Kier molecular flexibility index (Phi) is 2.02. The van der Waals surface area contributed by atoms with Crippen LogP contribution in [0.2, 0.25) is 0 Å². The van der Waals surface area contributed by atoms with E-state index in [0.29, 0.717) is 6.42 Å². The number of aliphatic hydroxyl groups is 2. The van der Waals surface area contributed by atoms with Crippen LogP contribution in [-0.2, 0) is 4.74 Å². The van der Waals surface area contributed by atoms with Gasteiger partial charge in [0.1, 0.15) is 0 Å². The molecule has 0 bridgehead atoms. The monoisotopic (exact) mass is 133 g/mol. The average Bonchev–Trinajstić information content (AvgIpc) is 1.80. The van der Waals surface area contributed by atoms with Gasteiger partial charge in [0.05, 0.1) is 12.7 Å². The molecule has 0 aliphatic carbocycles. The molecule has 0 aromatic heterocycles. The largest absolute Gasteiger partial charge is 0.389 e. The average molecular weight is 133 g/mol. The van der Waals surface area contributed by atoms with E-state index in [9.17, 15) is 0 Å². The summed E-state index contributed by atoms with van der Waals surface area (Å²) in [7, 11) is 0. The van der Waals surface area contributed by atoms with Crippen LogP contribution in [-0.4, -0.2) is 35.3 Å². The Morgan fingerprint density at radius 2 is 2.11 bits per heavy atom. The topological polar surface area (TPSA) is 75.7 Å². The van der Waals surface area contributed by atoms with Crippen molar-refractivity contribution in [2.45, 2.75) is 24.9 Å². The molecule has 1 aliphatic rings. The lowest BCUT2D eigenvalue weighted by atomic mass is 10.1. The van der Waals surface area contributed by atoms with Crippen LogP contribution >= 0.6 is 0 Å². The Bertz CT molecular complexity index is 98.2. The summed E-state index contributed by atoms with van der Waals surface area (Å²) < 4.78 is 4.69. The smallest absolute Gasteiger partial charge is 0.156 e. The molecule has 0 aromatic carbocycles. The quantitative estimate of drug-likeness (QED) is 0.372. The summed E-state index contributed by atoms with van der Waals surface area (Å²) in [5.41, 5.74) is 5.38. The first kappa shape index (κ1) is 6.95. The van der Waals surface area contributed by atoms with E-state index in [1.165, 1.54) is 0 Å². The second kappa shape index (κ2) is 2.62. The van der Waals surface area contributed by atoms with Crippen molar-refractivity contribution in [3.8, 4) is 0 Å². The Labute approximate surface area is 53.2 Å². The lowest BCUT2D eigenvalue weighted by Gasteiger charge is -2.27. The summed E-state index contributed by atoms with van der Waals surface area (Å²) in [5.74, 6) is 0. The van der Waals surface area contributed by atoms with Gasteiger partial charge < -0.3 is 20.7 Å². The van der Waals surface area contributed by atoms with Gasteiger partial charge >= 0.3 is 0 Å². The first-order valence-corrected chi connectivity index (χ1v) is 2.93. The predicted molar refractivity (Wildman–Crippen MR) is 30.6 cm³/mol. The lowest BCUT2D eigenvalue weighted by molar-refractivity contribution is -0.162. The molecular formula is C5H11NO3. The van der Waals surface area contributed by atoms with E-state index in [0.717, 1.165) is 0 Å². The molecule has 9 heavy (non-hydrogen) atoms. The molecule has 3 atom stereocenters. The molecule has 0 saturated carbocycles. The van der Waals surface area contributed by atoms with Crippen LogP contribution in [0.1, 0.15) is 6.42 Å². The number of hydrogen-bond acceptors (Lipinski definition) is 4. The van der Waals surface area contributed by atoms with Gasteiger partial charge in [0.2, 0.25) is 0 Å². The van der Waals surface area contributed by atoms with Crippen LogP contribution in [0.5, 0.6) is 0 Å². The third-order valence-corrected chi connectivity index (χ3v) is 1.43. The molecule has 0 aromatic rings. The van der Waals surface area contributed by atoms with Gasteiger partial charge in [0.25, 0.3) is 0 Å². The Hall–Kier alpha value is -0.160.